The third-order valence-corrected chi connectivity index (χ3v) is 6.81. The van der Waals surface area contributed by atoms with E-state index in [1.165, 1.54) is 23.3 Å². The summed E-state index contributed by atoms with van der Waals surface area (Å²) in [6.45, 7) is 7.94. The highest BCUT2D eigenvalue weighted by molar-refractivity contribution is 7.92. The van der Waals surface area contributed by atoms with Gasteiger partial charge < -0.3 is 5.32 Å². The molecule has 5 nitrogen and oxygen atoms in total. The maximum absolute atomic E-state index is 12.9. The first-order valence-electron chi connectivity index (χ1n) is 10.3. The molecule has 0 bridgehead atoms. The Morgan fingerprint density at radius 2 is 1.61 bits per heavy atom. The van der Waals surface area contributed by atoms with E-state index in [1.54, 1.807) is 24.3 Å². The quantitative estimate of drug-likeness (QED) is 0.528. The molecule has 0 unspecified atom stereocenters. The predicted molar refractivity (Wildman–Crippen MR) is 125 cm³/mol. The number of para-hydroxylation sites is 1. The number of amides is 1. The molecule has 0 aliphatic rings. The summed E-state index contributed by atoms with van der Waals surface area (Å²) in [6, 6.07) is 19.2. The van der Waals surface area contributed by atoms with E-state index in [0.29, 0.717) is 11.3 Å². The minimum Gasteiger partial charge on any atom is -0.345 e. The Labute approximate surface area is 184 Å². The first-order chi connectivity index (χ1) is 14.7. The van der Waals surface area contributed by atoms with E-state index >= 15 is 0 Å². The van der Waals surface area contributed by atoms with Gasteiger partial charge >= 0.3 is 0 Å². The number of anilines is 1. The van der Waals surface area contributed by atoms with E-state index in [9.17, 15) is 13.2 Å². The molecule has 0 heterocycles. The maximum Gasteiger partial charge on any atom is 0.261 e. The zero-order valence-electron chi connectivity index (χ0n) is 18.3. The number of rotatable bonds is 7. The molecule has 0 spiro atoms. The molecule has 1 atom stereocenters. The minimum absolute atomic E-state index is 0.0441. The highest BCUT2D eigenvalue weighted by Gasteiger charge is 2.19. The van der Waals surface area contributed by atoms with Gasteiger partial charge in [-0.1, -0.05) is 49.4 Å². The Morgan fingerprint density at radius 1 is 0.871 bits per heavy atom. The van der Waals surface area contributed by atoms with Crippen molar-refractivity contribution in [3.05, 3.63) is 94.5 Å². The number of carbonyl (C=O) groups is 1. The molecule has 162 valence electrons. The monoisotopic (exact) mass is 436 g/mol. The fourth-order valence-corrected chi connectivity index (χ4v) is 4.52. The van der Waals surface area contributed by atoms with Crippen molar-refractivity contribution in [3.8, 4) is 0 Å². The molecular formula is C25H28N2O3S. The van der Waals surface area contributed by atoms with Crippen molar-refractivity contribution in [1.82, 2.24) is 5.32 Å². The van der Waals surface area contributed by atoms with E-state index in [1.807, 2.05) is 45.0 Å². The van der Waals surface area contributed by atoms with Crippen LogP contribution in [0.5, 0.6) is 0 Å². The van der Waals surface area contributed by atoms with Crippen molar-refractivity contribution in [2.24, 2.45) is 0 Å². The van der Waals surface area contributed by atoms with Crippen LogP contribution in [0.15, 0.2) is 71.6 Å². The lowest BCUT2D eigenvalue weighted by Crippen LogP contribution is -2.28. The molecule has 0 saturated heterocycles. The van der Waals surface area contributed by atoms with Gasteiger partial charge in [0, 0.05) is 5.56 Å². The van der Waals surface area contributed by atoms with Crippen LogP contribution in [-0.2, 0) is 10.0 Å². The summed E-state index contributed by atoms with van der Waals surface area (Å²) >= 11 is 0. The molecule has 3 aromatic rings. The zero-order chi connectivity index (χ0) is 22.6. The van der Waals surface area contributed by atoms with Crippen LogP contribution in [0, 0.1) is 20.8 Å². The Kier molecular flexibility index (Phi) is 6.81. The number of hydrogen-bond acceptors (Lipinski definition) is 3. The molecule has 1 amide bonds. The van der Waals surface area contributed by atoms with Crippen LogP contribution < -0.4 is 10.0 Å². The Bertz CT molecular complexity index is 1200. The Morgan fingerprint density at radius 3 is 2.29 bits per heavy atom. The van der Waals surface area contributed by atoms with Crippen LogP contribution in [0.4, 0.5) is 5.69 Å². The van der Waals surface area contributed by atoms with Crippen molar-refractivity contribution in [3.63, 3.8) is 0 Å². The smallest absolute Gasteiger partial charge is 0.261 e. The van der Waals surface area contributed by atoms with E-state index in [4.69, 9.17) is 0 Å². The molecular weight excluding hydrogens is 408 g/mol. The lowest BCUT2D eigenvalue weighted by molar-refractivity contribution is 0.0935. The van der Waals surface area contributed by atoms with Crippen LogP contribution in [0.25, 0.3) is 0 Å². The summed E-state index contributed by atoms with van der Waals surface area (Å²) in [5, 5.41) is 3.03. The summed E-state index contributed by atoms with van der Waals surface area (Å²) in [5.74, 6) is -0.307. The van der Waals surface area contributed by atoms with Crippen LogP contribution in [-0.4, -0.2) is 14.3 Å². The van der Waals surface area contributed by atoms with Crippen molar-refractivity contribution >= 4 is 21.6 Å². The maximum atomic E-state index is 12.9. The molecule has 3 rings (SSSR count). The first kappa shape index (κ1) is 22.6. The van der Waals surface area contributed by atoms with Crippen LogP contribution in [0.3, 0.4) is 0 Å². The average molecular weight is 437 g/mol. The van der Waals surface area contributed by atoms with Gasteiger partial charge in [0.25, 0.3) is 15.9 Å². The summed E-state index contributed by atoms with van der Waals surface area (Å²) in [7, 11) is -3.82. The Hall–Kier alpha value is -3.12. The zero-order valence-corrected chi connectivity index (χ0v) is 19.1. The number of sulfonamides is 1. The number of benzene rings is 3. The molecule has 0 aliphatic carbocycles. The minimum atomic E-state index is -3.82. The fourth-order valence-electron chi connectivity index (χ4n) is 3.34. The molecule has 0 radical (unpaired) electrons. The molecule has 3 aromatic carbocycles. The summed E-state index contributed by atoms with van der Waals surface area (Å²) in [5.41, 5.74) is 5.03. The van der Waals surface area contributed by atoms with Gasteiger partial charge in [0.05, 0.1) is 16.6 Å². The number of nitrogens with one attached hydrogen (secondary N) is 2. The SMILES string of the molecule is CC[C@@H](NC(=O)c1cccc(S(=O)(=O)Nc2ccccc2C)c1)c1ccc(C)c(C)c1. The van der Waals surface area contributed by atoms with E-state index in [0.717, 1.165) is 17.5 Å². The van der Waals surface area contributed by atoms with E-state index < -0.39 is 10.0 Å². The highest BCUT2D eigenvalue weighted by atomic mass is 32.2. The van der Waals surface area contributed by atoms with Gasteiger partial charge in [0.1, 0.15) is 0 Å². The molecule has 31 heavy (non-hydrogen) atoms. The molecule has 0 saturated carbocycles. The number of aryl methyl sites for hydroxylation is 3. The van der Waals surface area contributed by atoms with Crippen molar-refractivity contribution < 1.29 is 13.2 Å². The molecule has 2 N–H and O–H groups in total. The van der Waals surface area contributed by atoms with E-state index in [-0.39, 0.29) is 16.8 Å². The van der Waals surface area contributed by atoms with Gasteiger partial charge in [-0.05, 0) is 73.7 Å². The van der Waals surface area contributed by atoms with Gasteiger partial charge in [-0.15, -0.1) is 0 Å². The predicted octanol–water partition coefficient (Wildman–Crippen LogP) is 5.29. The Balaban J connectivity index is 1.82. The van der Waals surface area contributed by atoms with Crippen molar-refractivity contribution in [2.75, 3.05) is 4.72 Å². The second-order valence-electron chi connectivity index (χ2n) is 7.73. The third-order valence-electron chi connectivity index (χ3n) is 5.44. The average Bonchev–Trinajstić information content (AvgIpc) is 2.75. The summed E-state index contributed by atoms with van der Waals surface area (Å²) in [4.78, 5) is 12.9. The molecule has 0 aliphatic heterocycles. The van der Waals surface area contributed by atoms with Crippen molar-refractivity contribution in [2.45, 2.75) is 45.1 Å². The van der Waals surface area contributed by atoms with Gasteiger partial charge in [-0.25, -0.2) is 8.42 Å². The molecule has 0 fully saturated rings. The normalized spacial score (nSPS) is 12.3. The van der Waals surface area contributed by atoms with Gasteiger partial charge in [0.15, 0.2) is 0 Å². The van der Waals surface area contributed by atoms with Gasteiger partial charge in [0.2, 0.25) is 0 Å². The second kappa shape index (κ2) is 9.35. The van der Waals surface area contributed by atoms with Gasteiger partial charge in [-0.3, -0.25) is 9.52 Å². The topological polar surface area (TPSA) is 75.3 Å². The van der Waals surface area contributed by atoms with E-state index in [2.05, 4.69) is 23.0 Å². The first-order valence-corrected chi connectivity index (χ1v) is 11.8. The fraction of sp³-hybridized carbons (Fsp3) is 0.240. The standard InChI is InChI=1S/C25H28N2O3S/c1-5-23(20-14-13-17(2)19(4)15-20)26-25(28)21-10-8-11-22(16-21)31(29,30)27-24-12-7-6-9-18(24)3/h6-16,23,27H,5H2,1-4H3,(H,26,28)/t23-/m1/s1. The van der Waals surface area contributed by atoms with Crippen LogP contribution in [0.2, 0.25) is 0 Å². The third kappa shape index (κ3) is 5.33. The van der Waals surface area contributed by atoms with Gasteiger partial charge in [-0.2, -0.15) is 0 Å². The molecule has 0 aromatic heterocycles. The summed E-state index contributed by atoms with van der Waals surface area (Å²) in [6.07, 6.45) is 0.723. The van der Waals surface area contributed by atoms with Crippen LogP contribution in [0.1, 0.15) is 52.0 Å². The molecule has 6 heteroatoms. The van der Waals surface area contributed by atoms with Crippen molar-refractivity contribution in [1.29, 1.82) is 0 Å². The van der Waals surface area contributed by atoms with Crippen LogP contribution >= 0.6 is 0 Å². The largest absolute Gasteiger partial charge is 0.345 e. The highest BCUT2D eigenvalue weighted by Crippen LogP contribution is 2.22. The number of carbonyl (C=O) groups excluding carboxylic acids is 1. The summed E-state index contributed by atoms with van der Waals surface area (Å²) < 4.78 is 28.3. The lowest BCUT2D eigenvalue weighted by Gasteiger charge is -2.19. The second-order valence-corrected chi connectivity index (χ2v) is 9.41. The number of hydrogen-bond donors (Lipinski definition) is 2. The lowest BCUT2D eigenvalue weighted by atomic mass is 9.99.